The standard InChI is InChI=1S/C23H20N4O3S2/c1-2-15-9-11-16(12-10-15)27-22(30)17-6-3-4-7-18(17)24-23(27)32-14-20(28)25-26-21(29)19-8-5-13-31-19/h3-13H,2,14H2,1H3,(H,25,28)(H,26,29). The van der Waals surface area contributed by atoms with Crippen LogP contribution >= 0.6 is 23.1 Å². The van der Waals surface area contributed by atoms with Gasteiger partial charge in [-0.1, -0.05) is 49.0 Å². The average molecular weight is 465 g/mol. The lowest BCUT2D eigenvalue weighted by atomic mass is 10.1. The molecule has 7 nitrogen and oxygen atoms in total. The summed E-state index contributed by atoms with van der Waals surface area (Å²) in [5.74, 6) is -0.812. The molecule has 0 atom stereocenters. The van der Waals surface area contributed by atoms with Crippen LogP contribution in [0.25, 0.3) is 16.6 Å². The summed E-state index contributed by atoms with van der Waals surface area (Å²) in [5, 5.41) is 2.69. The largest absolute Gasteiger partial charge is 0.279 e. The van der Waals surface area contributed by atoms with Gasteiger partial charge in [0.25, 0.3) is 11.5 Å². The number of para-hydroxylation sites is 1. The second-order valence-corrected chi connectivity index (χ2v) is 8.73. The van der Waals surface area contributed by atoms with Crippen molar-refractivity contribution in [3.8, 4) is 5.69 Å². The molecule has 162 valence electrons. The fourth-order valence-electron chi connectivity index (χ4n) is 3.08. The summed E-state index contributed by atoms with van der Waals surface area (Å²) in [6.07, 6.45) is 0.893. The lowest BCUT2D eigenvalue weighted by molar-refractivity contribution is -0.119. The lowest BCUT2D eigenvalue weighted by Gasteiger charge is -2.14. The molecule has 0 saturated heterocycles. The predicted octanol–water partition coefficient (Wildman–Crippen LogP) is 3.56. The van der Waals surface area contributed by atoms with Crippen LogP contribution in [0.3, 0.4) is 0 Å². The number of hydrazine groups is 1. The number of carbonyl (C=O) groups excluding carboxylic acids is 2. The summed E-state index contributed by atoms with van der Waals surface area (Å²) in [4.78, 5) is 42.7. The molecule has 0 radical (unpaired) electrons. The number of benzene rings is 2. The molecule has 2 heterocycles. The Morgan fingerprint density at radius 1 is 1.03 bits per heavy atom. The molecule has 2 N–H and O–H groups in total. The molecule has 0 aliphatic heterocycles. The third kappa shape index (κ3) is 4.74. The van der Waals surface area contributed by atoms with E-state index in [9.17, 15) is 14.4 Å². The summed E-state index contributed by atoms with van der Waals surface area (Å²) in [7, 11) is 0. The van der Waals surface area contributed by atoms with E-state index >= 15 is 0 Å². The molecule has 0 aliphatic rings. The maximum Gasteiger partial charge on any atom is 0.279 e. The fraction of sp³-hybridized carbons (Fsp3) is 0.130. The molecule has 0 bridgehead atoms. The van der Waals surface area contributed by atoms with E-state index in [1.54, 1.807) is 35.7 Å². The molecule has 0 saturated carbocycles. The zero-order valence-electron chi connectivity index (χ0n) is 17.2. The molecular weight excluding hydrogens is 444 g/mol. The number of nitrogens with zero attached hydrogens (tertiary/aromatic N) is 2. The Bertz CT molecular complexity index is 1320. The highest BCUT2D eigenvalue weighted by molar-refractivity contribution is 7.99. The van der Waals surface area contributed by atoms with Gasteiger partial charge in [0.15, 0.2) is 5.16 Å². The van der Waals surface area contributed by atoms with E-state index < -0.39 is 5.91 Å². The number of fused-ring (bicyclic) bond motifs is 1. The van der Waals surface area contributed by atoms with Gasteiger partial charge in [0.05, 0.1) is 27.2 Å². The molecule has 2 aromatic heterocycles. The molecule has 0 unspecified atom stereocenters. The van der Waals surface area contributed by atoms with Crippen molar-refractivity contribution in [2.24, 2.45) is 0 Å². The molecule has 0 fully saturated rings. The van der Waals surface area contributed by atoms with Gasteiger partial charge in [0.2, 0.25) is 5.91 Å². The van der Waals surface area contributed by atoms with Gasteiger partial charge in [0.1, 0.15) is 0 Å². The number of thioether (sulfide) groups is 1. The first kappa shape index (κ1) is 21.8. The van der Waals surface area contributed by atoms with Gasteiger partial charge in [-0.25, -0.2) is 4.98 Å². The zero-order chi connectivity index (χ0) is 22.5. The number of nitrogens with one attached hydrogen (secondary N) is 2. The summed E-state index contributed by atoms with van der Waals surface area (Å²) in [6, 6.07) is 18.2. The molecule has 9 heteroatoms. The molecule has 4 aromatic rings. The second-order valence-electron chi connectivity index (χ2n) is 6.84. The molecule has 2 amide bonds. The van der Waals surface area contributed by atoms with Crippen LogP contribution in [0.15, 0.2) is 76.0 Å². The maximum absolute atomic E-state index is 13.2. The number of aryl methyl sites for hydroxylation is 1. The Hall–Kier alpha value is -3.43. The van der Waals surface area contributed by atoms with Crippen molar-refractivity contribution in [1.29, 1.82) is 0 Å². The van der Waals surface area contributed by atoms with Crippen LogP contribution < -0.4 is 16.4 Å². The number of carbonyl (C=O) groups is 2. The van der Waals surface area contributed by atoms with E-state index in [-0.39, 0.29) is 17.2 Å². The third-order valence-electron chi connectivity index (χ3n) is 4.74. The smallest absolute Gasteiger partial charge is 0.272 e. The monoisotopic (exact) mass is 464 g/mol. The van der Waals surface area contributed by atoms with Crippen molar-refractivity contribution in [3.63, 3.8) is 0 Å². The van der Waals surface area contributed by atoms with Crippen molar-refractivity contribution in [2.45, 2.75) is 18.5 Å². The first-order valence-corrected chi connectivity index (χ1v) is 11.8. The SMILES string of the molecule is CCc1ccc(-n2c(SCC(=O)NNC(=O)c3cccs3)nc3ccccc3c2=O)cc1. The van der Waals surface area contributed by atoms with E-state index in [4.69, 9.17) is 0 Å². The summed E-state index contributed by atoms with van der Waals surface area (Å²) in [5.41, 5.74) is 6.99. The summed E-state index contributed by atoms with van der Waals surface area (Å²) in [6.45, 7) is 2.07. The lowest BCUT2D eigenvalue weighted by Crippen LogP contribution is -2.42. The highest BCUT2D eigenvalue weighted by atomic mass is 32.2. The first-order valence-electron chi connectivity index (χ1n) is 9.93. The summed E-state index contributed by atoms with van der Waals surface area (Å²) >= 11 is 2.41. The third-order valence-corrected chi connectivity index (χ3v) is 6.55. The van der Waals surface area contributed by atoms with Crippen molar-refractivity contribution in [3.05, 3.63) is 86.8 Å². The molecule has 2 aromatic carbocycles. The molecular formula is C23H20N4O3S2. The van der Waals surface area contributed by atoms with Gasteiger partial charge in [0, 0.05) is 0 Å². The quantitative estimate of drug-likeness (QED) is 0.259. The minimum absolute atomic E-state index is 0.0253. The van der Waals surface area contributed by atoms with Gasteiger partial charge < -0.3 is 0 Å². The van der Waals surface area contributed by atoms with Crippen LogP contribution in [0.1, 0.15) is 22.2 Å². The Morgan fingerprint density at radius 3 is 2.53 bits per heavy atom. The van der Waals surface area contributed by atoms with Gasteiger partial charge in [-0.3, -0.25) is 29.8 Å². The minimum Gasteiger partial charge on any atom is -0.272 e. The number of amides is 2. The minimum atomic E-state index is -0.407. The summed E-state index contributed by atoms with van der Waals surface area (Å²) < 4.78 is 1.52. The first-order chi connectivity index (χ1) is 15.6. The number of hydrogen-bond donors (Lipinski definition) is 2. The number of hydrogen-bond acceptors (Lipinski definition) is 6. The van der Waals surface area contributed by atoms with E-state index in [2.05, 4.69) is 22.8 Å². The van der Waals surface area contributed by atoms with Crippen LogP contribution in [0.2, 0.25) is 0 Å². The Balaban J connectivity index is 1.57. The molecule has 0 aliphatic carbocycles. The van der Waals surface area contributed by atoms with E-state index in [0.717, 1.165) is 23.7 Å². The number of thiophene rings is 1. The Labute approximate surface area is 192 Å². The van der Waals surface area contributed by atoms with Crippen LogP contribution in [0, 0.1) is 0 Å². The van der Waals surface area contributed by atoms with Crippen molar-refractivity contribution in [1.82, 2.24) is 20.4 Å². The highest BCUT2D eigenvalue weighted by Gasteiger charge is 2.15. The van der Waals surface area contributed by atoms with Gasteiger partial charge >= 0.3 is 0 Å². The second kappa shape index (κ2) is 9.80. The van der Waals surface area contributed by atoms with Gasteiger partial charge in [-0.05, 0) is 47.7 Å². The fourth-order valence-corrected chi connectivity index (χ4v) is 4.51. The van der Waals surface area contributed by atoms with Crippen LogP contribution in [0.5, 0.6) is 0 Å². The topological polar surface area (TPSA) is 93.1 Å². The number of rotatable bonds is 6. The van der Waals surface area contributed by atoms with E-state index in [1.165, 1.54) is 15.9 Å². The normalized spacial score (nSPS) is 10.8. The average Bonchev–Trinajstić information content (AvgIpc) is 3.37. The van der Waals surface area contributed by atoms with Crippen LogP contribution in [0.4, 0.5) is 0 Å². The predicted molar refractivity (Wildman–Crippen MR) is 127 cm³/mol. The highest BCUT2D eigenvalue weighted by Crippen LogP contribution is 2.21. The number of aromatic nitrogens is 2. The molecule has 32 heavy (non-hydrogen) atoms. The van der Waals surface area contributed by atoms with Crippen LogP contribution in [-0.2, 0) is 11.2 Å². The van der Waals surface area contributed by atoms with Gasteiger partial charge in [-0.2, -0.15) is 0 Å². The van der Waals surface area contributed by atoms with E-state index in [1.807, 2.05) is 30.3 Å². The van der Waals surface area contributed by atoms with Crippen molar-refractivity contribution in [2.75, 3.05) is 5.75 Å². The molecule has 0 spiro atoms. The van der Waals surface area contributed by atoms with Gasteiger partial charge in [-0.15, -0.1) is 11.3 Å². The molecule has 4 rings (SSSR count). The van der Waals surface area contributed by atoms with E-state index in [0.29, 0.717) is 26.6 Å². The van der Waals surface area contributed by atoms with Crippen LogP contribution in [-0.4, -0.2) is 27.1 Å². The van der Waals surface area contributed by atoms with Crippen molar-refractivity contribution >= 4 is 45.8 Å². The Morgan fingerprint density at radius 2 is 1.81 bits per heavy atom. The van der Waals surface area contributed by atoms with Crippen molar-refractivity contribution < 1.29 is 9.59 Å². The Kier molecular flexibility index (Phi) is 6.67. The zero-order valence-corrected chi connectivity index (χ0v) is 18.8. The maximum atomic E-state index is 13.2.